The molecular weight excluding hydrogens is 405 g/mol. The lowest BCUT2D eigenvalue weighted by molar-refractivity contribution is 0.139. The number of nitrogens with zero attached hydrogens (tertiary/aromatic N) is 5. The summed E-state index contributed by atoms with van der Waals surface area (Å²) in [7, 11) is 3.68. The molecule has 0 radical (unpaired) electrons. The second-order valence-corrected chi connectivity index (χ2v) is 6.20. The molecule has 7 nitrogen and oxygen atoms in total. The Morgan fingerprint density at radius 1 is 1.48 bits per heavy atom. The first-order valence-electron chi connectivity index (χ1n) is 8.11. The van der Waals surface area contributed by atoms with Crippen LogP contribution in [-0.4, -0.2) is 58.3 Å². The van der Waals surface area contributed by atoms with Crippen molar-refractivity contribution in [2.75, 3.05) is 26.7 Å². The zero-order valence-corrected chi connectivity index (χ0v) is 16.9. The van der Waals surface area contributed by atoms with Gasteiger partial charge in [-0.1, -0.05) is 6.92 Å². The van der Waals surface area contributed by atoms with Gasteiger partial charge in [-0.05, 0) is 32.2 Å². The maximum absolute atomic E-state index is 4.27. The molecule has 132 valence electrons. The van der Waals surface area contributed by atoms with Crippen molar-refractivity contribution in [2.45, 2.75) is 39.3 Å². The lowest BCUT2D eigenvalue weighted by atomic mass is 9.99. The van der Waals surface area contributed by atoms with Crippen molar-refractivity contribution < 1.29 is 0 Å². The van der Waals surface area contributed by atoms with E-state index in [0.717, 1.165) is 24.2 Å². The van der Waals surface area contributed by atoms with Gasteiger partial charge in [-0.3, -0.25) is 14.6 Å². The maximum Gasteiger partial charge on any atom is 0.191 e. The predicted octanol–water partition coefficient (Wildman–Crippen LogP) is 1.22. The van der Waals surface area contributed by atoms with Crippen molar-refractivity contribution in [3.8, 4) is 0 Å². The molecule has 0 spiro atoms. The van der Waals surface area contributed by atoms with Crippen LogP contribution in [0.3, 0.4) is 0 Å². The van der Waals surface area contributed by atoms with Crippen molar-refractivity contribution >= 4 is 29.9 Å². The second kappa shape index (κ2) is 10.1. The average molecular weight is 435 g/mol. The predicted molar refractivity (Wildman–Crippen MR) is 104 cm³/mol. The smallest absolute Gasteiger partial charge is 0.191 e. The minimum atomic E-state index is 0. The topological polar surface area (TPSA) is 70.4 Å². The fourth-order valence-electron chi connectivity index (χ4n) is 2.86. The Hall–Kier alpha value is -0.900. The Kier molecular flexibility index (Phi) is 8.82. The van der Waals surface area contributed by atoms with Gasteiger partial charge in [-0.25, -0.2) is 4.98 Å². The lowest BCUT2D eigenvalue weighted by Gasteiger charge is -2.35. The largest absolute Gasteiger partial charge is 0.355 e. The molecule has 0 amide bonds. The van der Waals surface area contributed by atoms with Crippen LogP contribution >= 0.6 is 24.0 Å². The Morgan fingerprint density at radius 2 is 2.26 bits per heavy atom. The zero-order valence-electron chi connectivity index (χ0n) is 14.6. The monoisotopic (exact) mass is 435 g/mol. The standard InChI is InChI=1S/C15H29N7.HI/c1-12-6-5-7-22(10-12)13(2)8-17-15(16-3)18-9-14-19-11-20-21(14)4;/h11-13H,5-10H2,1-4H3,(H2,16,17,18);1H. The number of halogens is 1. The number of aryl methyl sites for hydroxylation is 1. The highest BCUT2D eigenvalue weighted by atomic mass is 127. The highest BCUT2D eigenvalue weighted by Crippen LogP contribution is 2.17. The fourth-order valence-corrected chi connectivity index (χ4v) is 2.86. The molecule has 0 bridgehead atoms. The minimum Gasteiger partial charge on any atom is -0.355 e. The normalized spacial score (nSPS) is 20.7. The molecule has 1 fully saturated rings. The van der Waals surface area contributed by atoms with E-state index >= 15 is 0 Å². The number of guanidine groups is 1. The van der Waals surface area contributed by atoms with E-state index < -0.39 is 0 Å². The molecule has 1 aliphatic rings. The van der Waals surface area contributed by atoms with E-state index in [-0.39, 0.29) is 24.0 Å². The van der Waals surface area contributed by atoms with E-state index in [0.29, 0.717) is 12.6 Å². The summed E-state index contributed by atoms with van der Waals surface area (Å²) in [6, 6.07) is 0.510. The van der Waals surface area contributed by atoms with E-state index in [9.17, 15) is 0 Å². The van der Waals surface area contributed by atoms with Gasteiger partial charge in [0.2, 0.25) is 0 Å². The van der Waals surface area contributed by atoms with E-state index in [1.165, 1.54) is 25.9 Å². The van der Waals surface area contributed by atoms with Crippen LogP contribution < -0.4 is 10.6 Å². The number of rotatable bonds is 5. The third-order valence-electron chi connectivity index (χ3n) is 4.32. The molecule has 0 saturated carbocycles. The van der Waals surface area contributed by atoms with Gasteiger partial charge in [0, 0.05) is 33.2 Å². The quantitative estimate of drug-likeness (QED) is 0.414. The molecule has 8 heteroatoms. The van der Waals surface area contributed by atoms with E-state index in [1.807, 2.05) is 7.05 Å². The minimum absolute atomic E-state index is 0. The fraction of sp³-hybridized carbons (Fsp3) is 0.800. The molecule has 23 heavy (non-hydrogen) atoms. The number of nitrogens with one attached hydrogen (secondary N) is 2. The summed E-state index contributed by atoms with van der Waals surface area (Å²) in [6.07, 6.45) is 4.23. The van der Waals surface area contributed by atoms with E-state index in [4.69, 9.17) is 0 Å². The third-order valence-corrected chi connectivity index (χ3v) is 4.32. The van der Waals surface area contributed by atoms with E-state index in [2.05, 4.69) is 44.5 Å². The molecule has 2 rings (SSSR count). The Labute approximate surface area is 156 Å². The summed E-state index contributed by atoms with van der Waals surface area (Å²) in [5, 5.41) is 10.7. The van der Waals surface area contributed by atoms with Gasteiger partial charge >= 0.3 is 0 Å². The number of aliphatic imine (C=N–C) groups is 1. The van der Waals surface area contributed by atoms with E-state index in [1.54, 1.807) is 18.1 Å². The summed E-state index contributed by atoms with van der Waals surface area (Å²) >= 11 is 0. The van der Waals surface area contributed by atoms with Crippen LogP contribution in [0.4, 0.5) is 0 Å². The summed E-state index contributed by atoms with van der Waals surface area (Å²) in [5.41, 5.74) is 0. The van der Waals surface area contributed by atoms with Gasteiger partial charge in [-0.2, -0.15) is 5.10 Å². The van der Waals surface area contributed by atoms with Gasteiger partial charge < -0.3 is 10.6 Å². The van der Waals surface area contributed by atoms with Crippen LogP contribution in [0.5, 0.6) is 0 Å². The molecule has 1 saturated heterocycles. The number of hydrogen-bond acceptors (Lipinski definition) is 4. The lowest BCUT2D eigenvalue weighted by Crippen LogP contribution is -2.48. The molecule has 1 aromatic heterocycles. The first-order valence-corrected chi connectivity index (χ1v) is 8.11. The molecule has 0 aliphatic carbocycles. The van der Waals surface area contributed by atoms with Crippen molar-refractivity contribution in [1.29, 1.82) is 0 Å². The van der Waals surface area contributed by atoms with Crippen molar-refractivity contribution in [2.24, 2.45) is 18.0 Å². The van der Waals surface area contributed by atoms with Crippen molar-refractivity contribution in [3.05, 3.63) is 12.2 Å². The Morgan fingerprint density at radius 3 is 2.87 bits per heavy atom. The number of aromatic nitrogens is 3. The molecule has 1 aromatic rings. The Bertz CT molecular complexity index is 488. The highest BCUT2D eigenvalue weighted by molar-refractivity contribution is 14.0. The van der Waals surface area contributed by atoms with Gasteiger partial charge in [0.15, 0.2) is 5.96 Å². The molecule has 0 aromatic carbocycles. The van der Waals surface area contributed by atoms with Gasteiger partial charge in [0.25, 0.3) is 0 Å². The van der Waals surface area contributed by atoms with Crippen molar-refractivity contribution in [1.82, 2.24) is 30.3 Å². The molecular formula is C15H30IN7. The van der Waals surface area contributed by atoms with Crippen LogP contribution in [0.15, 0.2) is 11.3 Å². The maximum atomic E-state index is 4.27. The SMILES string of the molecule is CN=C(NCc1ncnn1C)NCC(C)N1CCCC(C)C1.I. The molecule has 2 N–H and O–H groups in total. The van der Waals surface area contributed by atoms with Crippen LogP contribution in [0.1, 0.15) is 32.5 Å². The number of likely N-dealkylation sites (tertiary alicyclic amines) is 1. The first-order chi connectivity index (χ1) is 10.6. The number of hydrogen-bond donors (Lipinski definition) is 2. The summed E-state index contributed by atoms with van der Waals surface area (Å²) in [4.78, 5) is 11.0. The zero-order chi connectivity index (χ0) is 15.9. The first kappa shape index (κ1) is 20.1. The summed E-state index contributed by atoms with van der Waals surface area (Å²) < 4.78 is 1.76. The average Bonchev–Trinajstić information content (AvgIpc) is 2.92. The molecule has 2 unspecified atom stereocenters. The van der Waals surface area contributed by atoms with Gasteiger partial charge in [0.1, 0.15) is 12.2 Å². The highest BCUT2D eigenvalue weighted by Gasteiger charge is 2.20. The molecule has 1 aliphatic heterocycles. The van der Waals surface area contributed by atoms with Crippen LogP contribution in [0.2, 0.25) is 0 Å². The Balaban J connectivity index is 0.00000264. The van der Waals surface area contributed by atoms with Crippen LogP contribution in [-0.2, 0) is 13.6 Å². The summed E-state index contributed by atoms with van der Waals surface area (Å²) in [6.45, 7) is 8.54. The molecule has 2 atom stereocenters. The van der Waals surface area contributed by atoms with Crippen LogP contribution in [0.25, 0.3) is 0 Å². The van der Waals surface area contributed by atoms with Gasteiger partial charge in [0.05, 0.1) is 6.54 Å². The van der Waals surface area contributed by atoms with Crippen molar-refractivity contribution in [3.63, 3.8) is 0 Å². The molecule has 2 heterocycles. The summed E-state index contributed by atoms with van der Waals surface area (Å²) in [5.74, 6) is 2.50. The van der Waals surface area contributed by atoms with Crippen LogP contribution in [0, 0.1) is 5.92 Å². The third kappa shape index (κ3) is 6.25. The number of piperidine rings is 1. The van der Waals surface area contributed by atoms with Gasteiger partial charge in [-0.15, -0.1) is 24.0 Å². The second-order valence-electron chi connectivity index (χ2n) is 6.20.